The maximum atomic E-state index is 13.4. The Labute approximate surface area is 104 Å². The molecule has 1 aromatic carbocycles. The maximum Gasteiger partial charge on any atom is 0.335 e. The van der Waals surface area contributed by atoms with Crippen LogP contribution in [-0.2, 0) is 4.79 Å². The molecule has 0 unspecified atom stereocenters. The molecule has 0 aliphatic carbocycles. The third-order valence-corrected chi connectivity index (χ3v) is 2.41. The molecule has 0 spiro atoms. The third-order valence-electron chi connectivity index (χ3n) is 2.41. The molecule has 0 saturated carbocycles. The van der Waals surface area contributed by atoms with E-state index in [9.17, 15) is 14.0 Å². The van der Waals surface area contributed by atoms with Crippen molar-refractivity contribution in [3.05, 3.63) is 29.6 Å². The summed E-state index contributed by atoms with van der Waals surface area (Å²) >= 11 is 0. The Morgan fingerprint density at radius 3 is 2.72 bits per heavy atom. The molecule has 1 amide bonds. The zero-order valence-electron chi connectivity index (χ0n) is 9.94. The van der Waals surface area contributed by atoms with Crippen molar-refractivity contribution in [2.45, 2.75) is 25.8 Å². The van der Waals surface area contributed by atoms with E-state index in [-0.39, 0.29) is 11.3 Å². The zero-order valence-corrected chi connectivity index (χ0v) is 9.94. The van der Waals surface area contributed by atoms with Gasteiger partial charge in [-0.25, -0.2) is 9.18 Å². The molecule has 1 aromatic rings. The summed E-state index contributed by atoms with van der Waals surface area (Å²) in [4.78, 5) is 22.3. The van der Waals surface area contributed by atoms with Crippen LogP contribution in [0.1, 0.15) is 30.1 Å². The minimum atomic E-state index is -1.19. The van der Waals surface area contributed by atoms with Crippen LogP contribution in [0.15, 0.2) is 18.2 Å². The highest BCUT2D eigenvalue weighted by atomic mass is 19.1. The van der Waals surface area contributed by atoms with Crippen molar-refractivity contribution >= 4 is 17.6 Å². The summed E-state index contributed by atoms with van der Waals surface area (Å²) in [6.07, 6.45) is 1.21. The molecule has 0 radical (unpaired) electrons. The second-order valence-corrected chi connectivity index (χ2v) is 3.88. The van der Waals surface area contributed by atoms with E-state index < -0.39 is 23.7 Å². The van der Waals surface area contributed by atoms with Gasteiger partial charge in [-0.1, -0.05) is 13.3 Å². The van der Waals surface area contributed by atoms with Crippen molar-refractivity contribution in [1.29, 1.82) is 0 Å². The lowest BCUT2D eigenvalue weighted by atomic mass is 10.1. The summed E-state index contributed by atoms with van der Waals surface area (Å²) in [5, 5.41) is 11.1. The molecule has 0 aliphatic rings. The van der Waals surface area contributed by atoms with Gasteiger partial charge >= 0.3 is 5.97 Å². The number of amides is 1. The van der Waals surface area contributed by atoms with Crippen LogP contribution in [0.2, 0.25) is 0 Å². The molecule has 0 aliphatic heterocycles. The van der Waals surface area contributed by atoms with Gasteiger partial charge in [-0.15, -0.1) is 0 Å². The number of anilines is 1. The van der Waals surface area contributed by atoms with Gasteiger partial charge in [0.2, 0.25) is 5.91 Å². The largest absolute Gasteiger partial charge is 0.478 e. The van der Waals surface area contributed by atoms with E-state index in [0.29, 0.717) is 6.42 Å². The number of nitrogens with one attached hydrogen (secondary N) is 1. The minimum Gasteiger partial charge on any atom is -0.478 e. The number of hydrogen-bond acceptors (Lipinski definition) is 3. The second kappa shape index (κ2) is 6.11. The molecule has 98 valence electrons. The first-order valence-corrected chi connectivity index (χ1v) is 5.55. The SMILES string of the molecule is CCC[C@@H](N)C(=O)Nc1cc(C(=O)O)ccc1F. The first-order chi connectivity index (χ1) is 8.45. The van der Waals surface area contributed by atoms with Crippen molar-refractivity contribution in [2.24, 2.45) is 5.73 Å². The van der Waals surface area contributed by atoms with Crippen molar-refractivity contribution in [3.63, 3.8) is 0 Å². The van der Waals surface area contributed by atoms with Crippen LogP contribution in [-0.4, -0.2) is 23.0 Å². The Kier molecular flexibility index (Phi) is 4.79. The standard InChI is InChI=1S/C12H15FN2O3/c1-2-3-9(14)11(16)15-10-6-7(12(17)18)4-5-8(10)13/h4-6,9H,2-3,14H2,1H3,(H,15,16)(H,17,18)/t9-/m1/s1. The summed E-state index contributed by atoms with van der Waals surface area (Å²) in [6, 6.07) is 2.45. The highest BCUT2D eigenvalue weighted by Crippen LogP contribution is 2.16. The van der Waals surface area contributed by atoms with E-state index >= 15 is 0 Å². The van der Waals surface area contributed by atoms with Gasteiger partial charge in [0, 0.05) is 0 Å². The lowest BCUT2D eigenvalue weighted by Crippen LogP contribution is -2.35. The fourth-order valence-corrected chi connectivity index (χ4v) is 1.42. The van der Waals surface area contributed by atoms with Gasteiger partial charge in [-0.2, -0.15) is 0 Å². The molecule has 4 N–H and O–H groups in total. The predicted octanol–water partition coefficient (Wildman–Crippen LogP) is 1.59. The number of benzene rings is 1. The number of hydrogen-bond donors (Lipinski definition) is 3. The number of carbonyl (C=O) groups is 2. The summed E-state index contributed by atoms with van der Waals surface area (Å²) in [6.45, 7) is 1.87. The number of rotatable bonds is 5. The first-order valence-electron chi connectivity index (χ1n) is 5.55. The number of nitrogens with two attached hydrogens (primary N) is 1. The van der Waals surface area contributed by atoms with Gasteiger partial charge < -0.3 is 16.2 Å². The number of carboxylic acids is 1. The molecule has 1 atom stereocenters. The number of halogens is 1. The van der Waals surface area contributed by atoms with Crippen LogP contribution in [0.3, 0.4) is 0 Å². The molecule has 0 bridgehead atoms. The zero-order chi connectivity index (χ0) is 13.7. The molecular weight excluding hydrogens is 239 g/mol. The Balaban J connectivity index is 2.86. The average Bonchev–Trinajstić information content (AvgIpc) is 2.31. The minimum absolute atomic E-state index is 0.101. The molecule has 0 fully saturated rings. The van der Waals surface area contributed by atoms with Crippen molar-refractivity contribution in [3.8, 4) is 0 Å². The highest BCUT2D eigenvalue weighted by Gasteiger charge is 2.15. The van der Waals surface area contributed by atoms with Crippen LogP contribution in [0, 0.1) is 5.82 Å². The average molecular weight is 254 g/mol. The van der Waals surface area contributed by atoms with Gasteiger partial charge in [-0.3, -0.25) is 4.79 Å². The van der Waals surface area contributed by atoms with E-state index in [2.05, 4.69) is 5.32 Å². The molecule has 0 saturated heterocycles. The van der Waals surface area contributed by atoms with Crippen LogP contribution >= 0.6 is 0 Å². The Bertz CT molecular complexity index is 463. The normalized spacial score (nSPS) is 11.9. The highest BCUT2D eigenvalue weighted by molar-refractivity contribution is 5.96. The Morgan fingerprint density at radius 2 is 2.17 bits per heavy atom. The Morgan fingerprint density at radius 1 is 1.50 bits per heavy atom. The van der Waals surface area contributed by atoms with Gasteiger partial charge in [0.25, 0.3) is 0 Å². The van der Waals surface area contributed by atoms with Crippen molar-refractivity contribution in [2.75, 3.05) is 5.32 Å². The quantitative estimate of drug-likeness (QED) is 0.744. The van der Waals surface area contributed by atoms with Gasteiger partial charge in [0.15, 0.2) is 0 Å². The van der Waals surface area contributed by atoms with E-state index in [1.54, 1.807) is 0 Å². The van der Waals surface area contributed by atoms with Gasteiger partial charge in [0.1, 0.15) is 5.82 Å². The van der Waals surface area contributed by atoms with Crippen LogP contribution in [0.4, 0.5) is 10.1 Å². The van der Waals surface area contributed by atoms with Crippen LogP contribution in [0.25, 0.3) is 0 Å². The molecule has 0 aromatic heterocycles. The fourth-order valence-electron chi connectivity index (χ4n) is 1.42. The molecule has 18 heavy (non-hydrogen) atoms. The van der Waals surface area contributed by atoms with E-state index in [4.69, 9.17) is 10.8 Å². The summed E-state index contributed by atoms with van der Waals surface area (Å²) < 4.78 is 13.4. The maximum absolute atomic E-state index is 13.4. The van der Waals surface area contributed by atoms with E-state index in [0.717, 1.165) is 24.6 Å². The Hall–Kier alpha value is -1.95. The molecular formula is C12H15FN2O3. The van der Waals surface area contributed by atoms with Gasteiger partial charge in [0.05, 0.1) is 17.3 Å². The topological polar surface area (TPSA) is 92.4 Å². The lowest BCUT2D eigenvalue weighted by Gasteiger charge is -2.12. The third kappa shape index (κ3) is 3.53. The number of carbonyl (C=O) groups excluding carboxylic acids is 1. The number of carboxylic acid groups (broad SMARTS) is 1. The van der Waals surface area contributed by atoms with E-state index in [1.165, 1.54) is 0 Å². The molecule has 0 heterocycles. The molecule has 1 rings (SSSR count). The monoisotopic (exact) mass is 254 g/mol. The van der Waals surface area contributed by atoms with E-state index in [1.807, 2.05) is 6.92 Å². The number of aromatic carboxylic acids is 1. The fraction of sp³-hybridized carbons (Fsp3) is 0.333. The summed E-state index contributed by atoms with van der Waals surface area (Å²) in [5.74, 6) is -2.42. The second-order valence-electron chi connectivity index (χ2n) is 3.88. The predicted molar refractivity (Wildman–Crippen MR) is 64.9 cm³/mol. The van der Waals surface area contributed by atoms with Crippen LogP contribution < -0.4 is 11.1 Å². The smallest absolute Gasteiger partial charge is 0.335 e. The molecule has 5 nitrogen and oxygen atoms in total. The van der Waals surface area contributed by atoms with Crippen molar-refractivity contribution in [1.82, 2.24) is 0 Å². The van der Waals surface area contributed by atoms with Crippen molar-refractivity contribution < 1.29 is 19.1 Å². The summed E-state index contributed by atoms with van der Waals surface area (Å²) in [5.41, 5.74) is 5.30. The van der Waals surface area contributed by atoms with Crippen LogP contribution in [0.5, 0.6) is 0 Å². The lowest BCUT2D eigenvalue weighted by molar-refractivity contribution is -0.117. The first kappa shape index (κ1) is 14.1. The van der Waals surface area contributed by atoms with Gasteiger partial charge in [-0.05, 0) is 24.6 Å². The molecule has 6 heteroatoms. The summed E-state index contributed by atoms with van der Waals surface area (Å²) in [7, 11) is 0.